The number of rotatable bonds is 7. The summed E-state index contributed by atoms with van der Waals surface area (Å²) < 4.78 is 16.4. The summed E-state index contributed by atoms with van der Waals surface area (Å²) in [5, 5.41) is 13.2. The zero-order valence-corrected chi connectivity index (χ0v) is 19.9. The molecule has 0 aliphatic carbocycles. The zero-order chi connectivity index (χ0) is 25.2. The molecule has 3 heterocycles. The minimum absolute atomic E-state index is 0.122. The summed E-state index contributed by atoms with van der Waals surface area (Å²) in [6, 6.07) is 13.7. The third-order valence-electron chi connectivity index (χ3n) is 6.16. The van der Waals surface area contributed by atoms with Gasteiger partial charge < -0.3 is 11.1 Å². The van der Waals surface area contributed by atoms with E-state index in [9.17, 15) is 9.18 Å². The molecular formula is C26H25FN8O. The topological polar surface area (TPSA) is 117 Å². The SMILES string of the molecule is Cc1c(CNC(=O)c2nc(C)n(Cc3ccc(Cn4cc(F)cn4)cc3)n2)ccc2c(N)nccc12. The lowest BCUT2D eigenvalue weighted by atomic mass is 10.0. The first-order valence-electron chi connectivity index (χ1n) is 11.5. The number of aromatic nitrogens is 6. The van der Waals surface area contributed by atoms with Crippen LogP contribution in [0.4, 0.5) is 10.2 Å². The maximum absolute atomic E-state index is 13.1. The van der Waals surface area contributed by atoms with Crippen molar-refractivity contribution in [1.29, 1.82) is 0 Å². The number of carbonyl (C=O) groups excluding carboxylic acids is 1. The van der Waals surface area contributed by atoms with E-state index in [1.54, 1.807) is 15.6 Å². The van der Waals surface area contributed by atoms with Crippen LogP contribution in [0.1, 0.15) is 38.7 Å². The van der Waals surface area contributed by atoms with E-state index in [-0.39, 0.29) is 17.5 Å². The Morgan fingerprint density at radius 3 is 2.50 bits per heavy atom. The molecule has 0 saturated carbocycles. The number of benzene rings is 2. The summed E-state index contributed by atoms with van der Waals surface area (Å²) in [6.07, 6.45) is 4.22. The molecule has 5 aromatic rings. The molecular weight excluding hydrogens is 459 g/mol. The maximum atomic E-state index is 13.1. The van der Waals surface area contributed by atoms with Gasteiger partial charge in [0.25, 0.3) is 5.91 Å². The number of aryl methyl sites for hydroxylation is 2. The van der Waals surface area contributed by atoms with Gasteiger partial charge in [0, 0.05) is 18.1 Å². The van der Waals surface area contributed by atoms with Gasteiger partial charge in [-0.2, -0.15) is 5.10 Å². The Bertz CT molecular complexity index is 1550. The third kappa shape index (κ3) is 4.78. The molecule has 0 bridgehead atoms. The van der Waals surface area contributed by atoms with E-state index >= 15 is 0 Å². The number of halogens is 1. The Hall–Kier alpha value is -4.60. The highest BCUT2D eigenvalue weighted by molar-refractivity contribution is 5.94. The van der Waals surface area contributed by atoms with Crippen molar-refractivity contribution < 1.29 is 9.18 Å². The van der Waals surface area contributed by atoms with Crippen LogP contribution < -0.4 is 11.1 Å². The van der Waals surface area contributed by atoms with Crippen molar-refractivity contribution in [3.8, 4) is 0 Å². The second-order valence-corrected chi connectivity index (χ2v) is 8.64. The molecule has 2 aromatic carbocycles. The first kappa shape index (κ1) is 23.2. The molecule has 0 unspecified atom stereocenters. The van der Waals surface area contributed by atoms with Gasteiger partial charge in [-0.3, -0.25) is 9.48 Å². The molecule has 3 aromatic heterocycles. The van der Waals surface area contributed by atoms with Crippen LogP contribution in [0.5, 0.6) is 0 Å². The van der Waals surface area contributed by atoms with E-state index in [0.717, 1.165) is 33.0 Å². The van der Waals surface area contributed by atoms with Crippen molar-refractivity contribution >= 4 is 22.5 Å². The van der Waals surface area contributed by atoms with Crippen molar-refractivity contribution in [3.05, 3.63) is 101 Å². The lowest BCUT2D eigenvalue weighted by molar-refractivity contribution is 0.0940. The first-order valence-corrected chi connectivity index (χ1v) is 11.5. The maximum Gasteiger partial charge on any atom is 0.291 e. The number of nitrogen functional groups attached to an aromatic ring is 1. The van der Waals surface area contributed by atoms with Gasteiger partial charge in [0.2, 0.25) is 5.82 Å². The van der Waals surface area contributed by atoms with Crippen LogP contribution >= 0.6 is 0 Å². The number of hydrogen-bond donors (Lipinski definition) is 2. The highest BCUT2D eigenvalue weighted by Gasteiger charge is 2.15. The van der Waals surface area contributed by atoms with E-state index in [1.807, 2.05) is 56.3 Å². The van der Waals surface area contributed by atoms with Gasteiger partial charge in [0.05, 0.1) is 25.5 Å². The first-order chi connectivity index (χ1) is 17.4. The average Bonchev–Trinajstić information content (AvgIpc) is 3.45. The summed E-state index contributed by atoms with van der Waals surface area (Å²) in [6.45, 7) is 5.12. The Kier molecular flexibility index (Phi) is 6.16. The van der Waals surface area contributed by atoms with Crippen molar-refractivity contribution in [3.63, 3.8) is 0 Å². The summed E-state index contributed by atoms with van der Waals surface area (Å²) in [5.41, 5.74) is 10.00. The highest BCUT2D eigenvalue weighted by Crippen LogP contribution is 2.24. The number of pyridine rings is 1. The summed E-state index contributed by atoms with van der Waals surface area (Å²) in [7, 11) is 0. The molecule has 9 nitrogen and oxygen atoms in total. The number of carbonyl (C=O) groups is 1. The summed E-state index contributed by atoms with van der Waals surface area (Å²) in [5.74, 6) is 0.549. The minimum atomic E-state index is -0.358. The number of nitrogens with one attached hydrogen (secondary N) is 1. The fourth-order valence-electron chi connectivity index (χ4n) is 4.12. The number of fused-ring (bicyclic) bond motifs is 1. The fourth-order valence-corrected chi connectivity index (χ4v) is 4.12. The minimum Gasteiger partial charge on any atom is -0.383 e. The standard InChI is InChI=1S/C26H25FN8O/c1-16-20(7-8-23-22(16)9-10-29-24(23)28)11-30-26(36)25-32-17(2)35(33-25)14-19-5-3-18(4-6-19)13-34-15-21(27)12-31-34/h3-10,12,15H,11,13-14H2,1-2H3,(H2,28,29)(H,30,36). The predicted molar refractivity (Wildman–Crippen MR) is 134 cm³/mol. The number of anilines is 1. The Labute approximate surface area is 206 Å². The van der Waals surface area contributed by atoms with Gasteiger partial charge in [0.1, 0.15) is 11.6 Å². The number of amides is 1. The van der Waals surface area contributed by atoms with Crippen molar-refractivity contribution in [2.75, 3.05) is 5.73 Å². The highest BCUT2D eigenvalue weighted by atomic mass is 19.1. The van der Waals surface area contributed by atoms with Crippen LogP contribution in [0.3, 0.4) is 0 Å². The van der Waals surface area contributed by atoms with E-state index in [4.69, 9.17) is 5.73 Å². The average molecular weight is 485 g/mol. The van der Waals surface area contributed by atoms with E-state index in [2.05, 4.69) is 25.5 Å². The van der Waals surface area contributed by atoms with Gasteiger partial charge in [-0.1, -0.05) is 36.4 Å². The summed E-state index contributed by atoms with van der Waals surface area (Å²) in [4.78, 5) is 21.2. The summed E-state index contributed by atoms with van der Waals surface area (Å²) >= 11 is 0. The molecule has 10 heteroatoms. The number of nitrogens with two attached hydrogens (primary N) is 1. The normalized spacial score (nSPS) is 11.2. The number of hydrogen-bond acceptors (Lipinski definition) is 6. The van der Waals surface area contributed by atoms with Gasteiger partial charge >= 0.3 is 0 Å². The lowest BCUT2D eigenvalue weighted by Gasteiger charge is -2.11. The Morgan fingerprint density at radius 1 is 1.03 bits per heavy atom. The Morgan fingerprint density at radius 2 is 1.78 bits per heavy atom. The van der Waals surface area contributed by atoms with Crippen LogP contribution in [0.25, 0.3) is 10.8 Å². The van der Waals surface area contributed by atoms with Crippen molar-refractivity contribution in [1.82, 2.24) is 34.8 Å². The van der Waals surface area contributed by atoms with Gasteiger partial charge in [-0.25, -0.2) is 19.0 Å². The van der Waals surface area contributed by atoms with E-state index in [0.29, 0.717) is 31.3 Å². The second kappa shape index (κ2) is 9.57. The zero-order valence-electron chi connectivity index (χ0n) is 19.9. The van der Waals surface area contributed by atoms with Crippen LogP contribution in [0, 0.1) is 19.7 Å². The van der Waals surface area contributed by atoms with Gasteiger partial charge in [0.15, 0.2) is 5.82 Å². The molecule has 0 aliphatic heterocycles. The monoisotopic (exact) mass is 484 g/mol. The van der Waals surface area contributed by atoms with Crippen molar-refractivity contribution in [2.24, 2.45) is 0 Å². The largest absolute Gasteiger partial charge is 0.383 e. The van der Waals surface area contributed by atoms with Crippen molar-refractivity contribution in [2.45, 2.75) is 33.5 Å². The molecule has 0 saturated heterocycles. The molecule has 0 radical (unpaired) electrons. The molecule has 0 aliphatic rings. The van der Waals surface area contributed by atoms with Crippen LogP contribution in [0.2, 0.25) is 0 Å². The third-order valence-corrected chi connectivity index (χ3v) is 6.16. The molecule has 5 rings (SSSR count). The van der Waals surface area contributed by atoms with Crippen LogP contribution in [-0.4, -0.2) is 35.4 Å². The van der Waals surface area contributed by atoms with E-state index < -0.39 is 0 Å². The van der Waals surface area contributed by atoms with E-state index in [1.165, 1.54) is 12.4 Å². The van der Waals surface area contributed by atoms with Crippen LogP contribution in [-0.2, 0) is 19.6 Å². The quantitative estimate of drug-likeness (QED) is 0.366. The molecule has 3 N–H and O–H groups in total. The number of nitrogens with zero attached hydrogens (tertiary/aromatic N) is 6. The molecule has 0 atom stereocenters. The predicted octanol–water partition coefficient (Wildman–Crippen LogP) is 3.39. The Balaban J connectivity index is 1.23. The van der Waals surface area contributed by atoms with Gasteiger partial charge in [-0.05, 0) is 47.6 Å². The smallest absolute Gasteiger partial charge is 0.291 e. The lowest BCUT2D eigenvalue weighted by Crippen LogP contribution is -2.24. The fraction of sp³-hybridized carbons (Fsp3) is 0.192. The molecule has 1 amide bonds. The molecule has 0 fully saturated rings. The molecule has 0 spiro atoms. The second-order valence-electron chi connectivity index (χ2n) is 8.64. The van der Waals surface area contributed by atoms with Crippen LogP contribution in [0.15, 0.2) is 61.1 Å². The van der Waals surface area contributed by atoms with Gasteiger partial charge in [-0.15, -0.1) is 5.10 Å². The molecule has 36 heavy (non-hydrogen) atoms. The molecule has 182 valence electrons.